The second kappa shape index (κ2) is 12.4. The summed E-state index contributed by atoms with van der Waals surface area (Å²) in [5.41, 5.74) is 16.2. The van der Waals surface area contributed by atoms with Gasteiger partial charge in [0, 0.05) is 18.7 Å². The monoisotopic (exact) mass is 334 g/mol. The minimum atomic E-state index is -0.233. The first-order valence-electron chi connectivity index (χ1n) is 8.59. The molecule has 5 N–H and O–H groups in total. The molecule has 4 heteroatoms. The number of hydrogen-bond donors (Lipinski definition) is 3. The van der Waals surface area contributed by atoms with Gasteiger partial charge in [0.25, 0.3) is 0 Å². The Kier molecular flexibility index (Phi) is 11.3. The van der Waals surface area contributed by atoms with Crippen LogP contribution in [0.5, 0.6) is 0 Å². The number of fused-ring (bicyclic) bond motifs is 1. The lowest BCUT2D eigenvalue weighted by molar-refractivity contribution is 0.299. The van der Waals surface area contributed by atoms with Crippen LogP contribution in [-0.4, -0.2) is 11.7 Å². The van der Waals surface area contributed by atoms with Crippen LogP contribution in [0.15, 0.2) is 47.8 Å². The quantitative estimate of drug-likeness (QED) is 0.704. The third-order valence-corrected chi connectivity index (χ3v) is 3.44. The van der Waals surface area contributed by atoms with Gasteiger partial charge in [0.2, 0.25) is 0 Å². The standard InChI is InChI=1S/C16H19FN2O.2C2H6/c17-13-3-4-15-12(9-13)8-11(5-7-20)16(15)10-14(19)2-1-6-18;2*1-2/h1-4,6,9,20H,5,7-8,10,18-19H2;2*1-2H3/b6-1-,14-2-;;. The Labute approximate surface area is 145 Å². The lowest BCUT2D eigenvalue weighted by Crippen LogP contribution is -2.00. The summed E-state index contributed by atoms with van der Waals surface area (Å²) in [4.78, 5) is 0. The molecule has 134 valence electrons. The molecule has 3 nitrogen and oxygen atoms in total. The van der Waals surface area contributed by atoms with Gasteiger partial charge in [-0.25, -0.2) is 4.39 Å². The molecule has 0 amide bonds. The summed E-state index contributed by atoms with van der Waals surface area (Å²) in [5, 5.41) is 9.17. The number of aliphatic hydroxyl groups is 1. The molecule has 0 aliphatic heterocycles. The molecule has 1 aliphatic rings. The maximum absolute atomic E-state index is 13.3. The highest BCUT2D eigenvalue weighted by Crippen LogP contribution is 2.37. The Morgan fingerprint density at radius 2 is 1.92 bits per heavy atom. The third-order valence-electron chi connectivity index (χ3n) is 3.44. The molecule has 1 aromatic rings. The Hall–Kier alpha value is -2.07. The van der Waals surface area contributed by atoms with Crippen molar-refractivity contribution in [3.8, 4) is 0 Å². The van der Waals surface area contributed by atoms with Gasteiger partial charge in [0.15, 0.2) is 0 Å². The summed E-state index contributed by atoms with van der Waals surface area (Å²) in [6.07, 6.45) is 6.72. The van der Waals surface area contributed by atoms with E-state index in [9.17, 15) is 9.50 Å². The van der Waals surface area contributed by atoms with Crippen LogP contribution in [0.1, 0.15) is 51.7 Å². The summed E-state index contributed by atoms with van der Waals surface area (Å²) in [6, 6.07) is 4.80. The maximum Gasteiger partial charge on any atom is 0.123 e. The fourth-order valence-electron chi connectivity index (χ4n) is 2.57. The van der Waals surface area contributed by atoms with Gasteiger partial charge < -0.3 is 16.6 Å². The fraction of sp³-hybridized carbons (Fsp3) is 0.400. The van der Waals surface area contributed by atoms with Crippen molar-refractivity contribution in [1.82, 2.24) is 0 Å². The van der Waals surface area contributed by atoms with Gasteiger partial charge in [-0.3, -0.25) is 0 Å². The molecule has 0 radical (unpaired) electrons. The fourth-order valence-corrected chi connectivity index (χ4v) is 2.57. The molecular formula is C20H31FN2O. The minimum Gasteiger partial charge on any atom is -0.405 e. The highest BCUT2D eigenvalue weighted by molar-refractivity contribution is 5.77. The molecule has 0 saturated carbocycles. The van der Waals surface area contributed by atoms with Gasteiger partial charge in [-0.05, 0) is 60.0 Å². The first-order chi connectivity index (χ1) is 11.7. The molecule has 0 spiro atoms. The van der Waals surface area contributed by atoms with Crippen molar-refractivity contribution in [3.63, 3.8) is 0 Å². The number of rotatable bonds is 5. The Balaban J connectivity index is 0.00000123. The Morgan fingerprint density at radius 3 is 2.50 bits per heavy atom. The molecule has 0 aromatic heterocycles. The van der Waals surface area contributed by atoms with E-state index in [-0.39, 0.29) is 12.4 Å². The average Bonchev–Trinajstić information content (AvgIpc) is 2.93. The molecular weight excluding hydrogens is 303 g/mol. The van der Waals surface area contributed by atoms with Crippen molar-refractivity contribution in [2.24, 2.45) is 11.5 Å². The van der Waals surface area contributed by atoms with Crippen molar-refractivity contribution < 1.29 is 9.50 Å². The molecule has 0 unspecified atom stereocenters. The minimum absolute atomic E-state index is 0.0849. The first kappa shape index (κ1) is 21.9. The largest absolute Gasteiger partial charge is 0.405 e. The number of benzene rings is 1. The molecule has 2 rings (SSSR count). The van der Waals surface area contributed by atoms with Crippen LogP contribution in [0.4, 0.5) is 4.39 Å². The Morgan fingerprint density at radius 1 is 1.25 bits per heavy atom. The SMILES string of the molecule is CC.CC.N/C=C\C=C(/N)CC1=C(CCO)Cc2cc(F)ccc21. The molecule has 0 atom stereocenters. The topological polar surface area (TPSA) is 72.3 Å². The summed E-state index contributed by atoms with van der Waals surface area (Å²) in [5.74, 6) is -0.233. The van der Waals surface area contributed by atoms with Gasteiger partial charge in [0.1, 0.15) is 5.82 Å². The smallest absolute Gasteiger partial charge is 0.123 e. The van der Waals surface area contributed by atoms with Crippen molar-refractivity contribution in [1.29, 1.82) is 0 Å². The van der Waals surface area contributed by atoms with E-state index in [1.165, 1.54) is 12.3 Å². The van der Waals surface area contributed by atoms with Gasteiger partial charge in [-0.1, -0.05) is 39.3 Å². The van der Waals surface area contributed by atoms with Crippen LogP contribution in [0, 0.1) is 5.82 Å². The van der Waals surface area contributed by atoms with Gasteiger partial charge >= 0.3 is 0 Å². The van der Waals surface area contributed by atoms with Crippen LogP contribution in [0.25, 0.3) is 5.57 Å². The highest BCUT2D eigenvalue weighted by Gasteiger charge is 2.21. The van der Waals surface area contributed by atoms with E-state index in [0.717, 1.165) is 22.3 Å². The van der Waals surface area contributed by atoms with E-state index in [2.05, 4.69) is 0 Å². The van der Waals surface area contributed by atoms with Crippen molar-refractivity contribution >= 4 is 5.57 Å². The van der Waals surface area contributed by atoms with E-state index in [1.54, 1.807) is 24.3 Å². The van der Waals surface area contributed by atoms with E-state index < -0.39 is 0 Å². The molecule has 0 bridgehead atoms. The summed E-state index contributed by atoms with van der Waals surface area (Å²) >= 11 is 0. The summed E-state index contributed by atoms with van der Waals surface area (Å²) in [7, 11) is 0. The van der Waals surface area contributed by atoms with Gasteiger partial charge in [-0.2, -0.15) is 0 Å². The van der Waals surface area contributed by atoms with Crippen LogP contribution < -0.4 is 11.5 Å². The first-order valence-corrected chi connectivity index (χ1v) is 8.59. The van der Waals surface area contributed by atoms with Crippen LogP contribution in [0.2, 0.25) is 0 Å². The average molecular weight is 334 g/mol. The highest BCUT2D eigenvalue weighted by atomic mass is 19.1. The predicted octanol–water partition coefficient (Wildman–Crippen LogP) is 4.28. The van der Waals surface area contributed by atoms with E-state index in [1.807, 2.05) is 27.7 Å². The van der Waals surface area contributed by atoms with Crippen molar-refractivity contribution in [2.45, 2.75) is 47.0 Å². The molecule has 24 heavy (non-hydrogen) atoms. The second-order valence-corrected chi connectivity index (χ2v) is 4.84. The summed E-state index contributed by atoms with van der Waals surface area (Å²) in [6.45, 7) is 8.08. The number of nitrogens with two attached hydrogens (primary N) is 2. The number of allylic oxidation sites excluding steroid dienone is 3. The maximum atomic E-state index is 13.3. The van der Waals surface area contributed by atoms with E-state index in [4.69, 9.17) is 11.5 Å². The zero-order valence-corrected chi connectivity index (χ0v) is 15.3. The predicted molar refractivity (Wildman–Crippen MR) is 102 cm³/mol. The van der Waals surface area contributed by atoms with Crippen LogP contribution in [0.3, 0.4) is 0 Å². The summed E-state index contributed by atoms with van der Waals surface area (Å²) < 4.78 is 13.3. The molecule has 0 saturated heterocycles. The second-order valence-electron chi connectivity index (χ2n) is 4.84. The van der Waals surface area contributed by atoms with E-state index >= 15 is 0 Å². The van der Waals surface area contributed by atoms with Crippen LogP contribution in [-0.2, 0) is 6.42 Å². The van der Waals surface area contributed by atoms with Crippen molar-refractivity contribution in [2.75, 3.05) is 6.61 Å². The molecule has 0 fully saturated rings. The molecule has 1 aliphatic carbocycles. The van der Waals surface area contributed by atoms with E-state index in [0.29, 0.717) is 25.0 Å². The number of hydrogen-bond acceptors (Lipinski definition) is 3. The van der Waals surface area contributed by atoms with Gasteiger partial charge in [-0.15, -0.1) is 0 Å². The third kappa shape index (κ3) is 6.20. The van der Waals surface area contributed by atoms with Gasteiger partial charge in [0.05, 0.1) is 0 Å². The lowest BCUT2D eigenvalue weighted by atomic mass is 9.99. The normalized spacial score (nSPS) is 13.2. The number of aliphatic hydroxyl groups excluding tert-OH is 1. The lowest BCUT2D eigenvalue weighted by Gasteiger charge is -2.08. The number of halogens is 1. The molecule has 0 heterocycles. The Bertz CT molecular complexity index is 589. The van der Waals surface area contributed by atoms with Crippen molar-refractivity contribution in [3.05, 3.63) is 64.8 Å². The zero-order valence-electron chi connectivity index (χ0n) is 15.3. The zero-order chi connectivity index (χ0) is 18.5. The van der Waals surface area contributed by atoms with Crippen LogP contribution >= 0.6 is 0 Å². The molecule has 1 aromatic carbocycles.